The molecule has 0 fully saturated rings. The van der Waals surface area contributed by atoms with E-state index in [0.717, 1.165) is 51.3 Å². The summed E-state index contributed by atoms with van der Waals surface area (Å²) in [6.07, 6.45) is 13.0. The van der Waals surface area contributed by atoms with Crippen molar-refractivity contribution in [3.05, 3.63) is 176 Å². The van der Waals surface area contributed by atoms with Gasteiger partial charge in [-0.25, -0.2) is 15.0 Å². The predicted molar refractivity (Wildman–Crippen MR) is 199 cm³/mol. The smallest absolute Gasteiger partial charge is 0.163 e. The molecule has 0 N–H and O–H groups in total. The molecule has 0 aliphatic heterocycles. The largest absolute Gasteiger partial charge is 0.309 e. The first-order valence-electron chi connectivity index (χ1n) is 16.6. The van der Waals surface area contributed by atoms with E-state index in [1.54, 1.807) is 6.20 Å². The van der Waals surface area contributed by atoms with Gasteiger partial charge in [-0.3, -0.25) is 4.98 Å². The molecular formula is C44H31N5. The van der Waals surface area contributed by atoms with Crippen molar-refractivity contribution < 1.29 is 0 Å². The van der Waals surface area contributed by atoms with Gasteiger partial charge in [-0.15, -0.1) is 0 Å². The van der Waals surface area contributed by atoms with E-state index in [0.29, 0.717) is 11.6 Å². The average Bonchev–Trinajstić information content (AvgIpc) is 3.52. The summed E-state index contributed by atoms with van der Waals surface area (Å²) in [6.45, 7) is 0. The fourth-order valence-electron chi connectivity index (χ4n) is 6.81. The number of para-hydroxylation sites is 2. The summed E-state index contributed by atoms with van der Waals surface area (Å²) < 4.78 is 2.34. The van der Waals surface area contributed by atoms with Crippen molar-refractivity contribution >= 4 is 21.8 Å². The van der Waals surface area contributed by atoms with Crippen molar-refractivity contribution in [1.82, 2.24) is 24.5 Å². The van der Waals surface area contributed by atoms with Gasteiger partial charge in [0.2, 0.25) is 0 Å². The van der Waals surface area contributed by atoms with Crippen molar-refractivity contribution in [1.29, 1.82) is 0 Å². The minimum absolute atomic E-state index is 0.0829. The molecule has 3 aromatic heterocycles. The van der Waals surface area contributed by atoms with Gasteiger partial charge in [-0.05, 0) is 71.6 Å². The third-order valence-corrected chi connectivity index (χ3v) is 9.22. The van der Waals surface area contributed by atoms with Crippen molar-refractivity contribution in [3.8, 4) is 50.7 Å². The highest BCUT2D eigenvalue weighted by Crippen LogP contribution is 2.36. The second-order valence-corrected chi connectivity index (χ2v) is 12.3. The molecule has 0 spiro atoms. The fraction of sp³-hybridized carbons (Fsp3) is 0.0455. The van der Waals surface area contributed by atoms with Crippen LogP contribution in [0.3, 0.4) is 0 Å². The molecule has 0 amide bonds. The van der Waals surface area contributed by atoms with E-state index < -0.39 is 0 Å². The summed E-state index contributed by atoms with van der Waals surface area (Å²) in [4.78, 5) is 19.5. The fourth-order valence-corrected chi connectivity index (χ4v) is 6.81. The molecule has 232 valence electrons. The number of nitrogens with zero attached hydrogens (tertiary/aromatic N) is 5. The highest BCUT2D eigenvalue weighted by atomic mass is 15.0. The van der Waals surface area contributed by atoms with Crippen LogP contribution in [0.5, 0.6) is 0 Å². The van der Waals surface area contributed by atoms with Crippen LogP contribution in [0.2, 0.25) is 0 Å². The summed E-state index contributed by atoms with van der Waals surface area (Å²) in [7, 11) is 0. The zero-order chi connectivity index (χ0) is 32.6. The predicted octanol–water partition coefficient (Wildman–Crippen LogP) is 10.6. The third kappa shape index (κ3) is 5.41. The Bertz CT molecular complexity index is 2530. The number of benzene rings is 5. The standard InChI is InChI=1S/C44H31N5/c1-3-12-30(13-4-1)42-46-43(48-44(47-42)35-17-10-15-32(27-35)36-18-11-25-45-29-36)34-16-9-14-31(26-34)33-23-24-41-39(28-33)38-21-7-8-22-40(38)49(41)37-19-5-2-6-20-37/h1-12,14-30H,13H2. The Morgan fingerprint density at radius 2 is 1.18 bits per heavy atom. The van der Waals surface area contributed by atoms with Crippen LogP contribution in [0.4, 0.5) is 0 Å². The lowest BCUT2D eigenvalue weighted by Crippen LogP contribution is -2.08. The quantitative estimate of drug-likeness (QED) is 0.184. The maximum absolute atomic E-state index is 5.08. The van der Waals surface area contributed by atoms with E-state index in [1.807, 2.05) is 12.3 Å². The minimum Gasteiger partial charge on any atom is -0.309 e. The molecule has 1 aliphatic rings. The van der Waals surface area contributed by atoms with Crippen LogP contribution in [0.15, 0.2) is 170 Å². The van der Waals surface area contributed by atoms with Crippen molar-refractivity contribution in [2.24, 2.45) is 0 Å². The van der Waals surface area contributed by atoms with E-state index in [2.05, 4.69) is 161 Å². The molecule has 49 heavy (non-hydrogen) atoms. The van der Waals surface area contributed by atoms with E-state index in [-0.39, 0.29) is 5.92 Å². The van der Waals surface area contributed by atoms with Crippen LogP contribution in [0.1, 0.15) is 18.2 Å². The molecule has 1 aliphatic carbocycles. The first-order chi connectivity index (χ1) is 24.3. The summed E-state index contributed by atoms with van der Waals surface area (Å²) in [6, 6.07) is 46.9. The summed E-state index contributed by atoms with van der Waals surface area (Å²) in [5.41, 5.74) is 9.80. The zero-order valence-corrected chi connectivity index (χ0v) is 26.7. The summed E-state index contributed by atoms with van der Waals surface area (Å²) >= 11 is 0. The van der Waals surface area contributed by atoms with Crippen LogP contribution >= 0.6 is 0 Å². The lowest BCUT2D eigenvalue weighted by atomic mass is 9.99. The number of rotatable bonds is 6. The highest BCUT2D eigenvalue weighted by Gasteiger charge is 2.18. The molecule has 5 nitrogen and oxygen atoms in total. The average molecular weight is 630 g/mol. The van der Waals surface area contributed by atoms with Gasteiger partial charge in [-0.1, -0.05) is 109 Å². The SMILES string of the molecule is C1=CCC(c2nc(-c3cccc(-c4cccnc4)c3)nc(-c3cccc(-c4ccc5c(c4)c4ccccc4n5-c4ccccc4)c3)n2)C=C1. The molecule has 0 radical (unpaired) electrons. The lowest BCUT2D eigenvalue weighted by Gasteiger charge is -2.15. The normalized spacial score (nSPS) is 14.1. The zero-order valence-electron chi connectivity index (χ0n) is 26.7. The number of hydrogen-bond acceptors (Lipinski definition) is 4. The highest BCUT2D eigenvalue weighted by molar-refractivity contribution is 6.10. The molecule has 0 bridgehead atoms. The van der Waals surface area contributed by atoms with Gasteiger partial charge in [-0.2, -0.15) is 0 Å². The van der Waals surface area contributed by atoms with E-state index in [9.17, 15) is 0 Å². The molecule has 5 heteroatoms. The Morgan fingerprint density at radius 3 is 1.92 bits per heavy atom. The molecule has 1 atom stereocenters. The van der Waals surface area contributed by atoms with Gasteiger partial charge in [0.15, 0.2) is 11.6 Å². The van der Waals surface area contributed by atoms with Crippen LogP contribution < -0.4 is 0 Å². The van der Waals surface area contributed by atoms with Crippen LogP contribution in [-0.4, -0.2) is 24.5 Å². The van der Waals surface area contributed by atoms with Gasteiger partial charge >= 0.3 is 0 Å². The number of hydrogen-bond donors (Lipinski definition) is 0. The summed E-state index contributed by atoms with van der Waals surface area (Å²) in [5.74, 6) is 2.18. The van der Waals surface area contributed by atoms with Crippen LogP contribution in [-0.2, 0) is 0 Å². The maximum Gasteiger partial charge on any atom is 0.163 e. The molecule has 3 heterocycles. The molecule has 0 saturated carbocycles. The minimum atomic E-state index is 0.0829. The Hall–Kier alpha value is -6.46. The Kier molecular flexibility index (Phi) is 7.21. The molecule has 9 rings (SSSR count). The molecular weight excluding hydrogens is 599 g/mol. The van der Waals surface area contributed by atoms with Crippen molar-refractivity contribution in [2.45, 2.75) is 12.3 Å². The van der Waals surface area contributed by atoms with Gasteiger partial charge in [0.25, 0.3) is 0 Å². The van der Waals surface area contributed by atoms with Crippen LogP contribution in [0, 0.1) is 0 Å². The second-order valence-electron chi connectivity index (χ2n) is 12.3. The first-order valence-corrected chi connectivity index (χ1v) is 16.6. The molecule has 8 aromatic rings. The molecule has 0 saturated heterocycles. The number of allylic oxidation sites excluding steroid dienone is 4. The van der Waals surface area contributed by atoms with Gasteiger partial charge in [0, 0.05) is 51.5 Å². The first kappa shape index (κ1) is 28.7. The Morgan fingerprint density at radius 1 is 0.510 bits per heavy atom. The van der Waals surface area contributed by atoms with Gasteiger partial charge < -0.3 is 4.57 Å². The Balaban J connectivity index is 1.15. The van der Waals surface area contributed by atoms with E-state index in [1.165, 1.54) is 21.8 Å². The third-order valence-electron chi connectivity index (χ3n) is 9.22. The number of aromatic nitrogens is 5. The van der Waals surface area contributed by atoms with Crippen molar-refractivity contribution in [3.63, 3.8) is 0 Å². The van der Waals surface area contributed by atoms with E-state index >= 15 is 0 Å². The van der Waals surface area contributed by atoms with Crippen LogP contribution in [0.25, 0.3) is 72.5 Å². The topological polar surface area (TPSA) is 56.5 Å². The summed E-state index contributed by atoms with van der Waals surface area (Å²) in [5, 5.41) is 2.45. The second kappa shape index (κ2) is 12.3. The monoisotopic (exact) mass is 629 g/mol. The number of pyridine rings is 1. The van der Waals surface area contributed by atoms with Crippen molar-refractivity contribution in [2.75, 3.05) is 0 Å². The molecule has 1 unspecified atom stereocenters. The molecule has 5 aromatic carbocycles. The van der Waals surface area contributed by atoms with Gasteiger partial charge in [0.1, 0.15) is 5.82 Å². The number of fused-ring (bicyclic) bond motifs is 3. The lowest BCUT2D eigenvalue weighted by molar-refractivity contribution is 0.764. The maximum atomic E-state index is 5.08. The van der Waals surface area contributed by atoms with Gasteiger partial charge in [0.05, 0.1) is 11.0 Å². The Labute approximate surface area is 284 Å². The van der Waals surface area contributed by atoms with E-state index in [4.69, 9.17) is 15.0 Å².